The van der Waals surface area contributed by atoms with Crippen LogP contribution in [0.15, 0.2) is 27.6 Å². The number of halogens is 2. The van der Waals surface area contributed by atoms with E-state index in [9.17, 15) is 13.2 Å². The number of rotatable bonds is 4. The third kappa shape index (κ3) is 3.96. The van der Waals surface area contributed by atoms with Crippen LogP contribution in [0.1, 0.15) is 36.0 Å². The summed E-state index contributed by atoms with van der Waals surface area (Å²) in [6, 6.07) is 4.37. The lowest BCUT2D eigenvalue weighted by Gasteiger charge is -2.11. The maximum Gasteiger partial charge on any atom is 0.262 e. The van der Waals surface area contributed by atoms with E-state index in [0.29, 0.717) is 22.5 Å². The molecule has 1 aromatic rings. The van der Waals surface area contributed by atoms with Crippen molar-refractivity contribution in [2.45, 2.75) is 30.6 Å². The fraction of sp³-hybridized carbons (Fsp3) is 0.462. The largest absolute Gasteiger partial charge is 0.352 e. The Morgan fingerprint density at radius 2 is 2.00 bits per heavy atom. The molecule has 0 bridgehead atoms. The van der Waals surface area contributed by atoms with Gasteiger partial charge in [0.25, 0.3) is 15.0 Å². The summed E-state index contributed by atoms with van der Waals surface area (Å²) in [6.45, 7) is 0.637. The summed E-state index contributed by atoms with van der Waals surface area (Å²) in [5.41, 5.74) is 0.297. The summed E-state index contributed by atoms with van der Waals surface area (Å²) in [5, 5.41) is 2.85. The molecule has 1 fully saturated rings. The molecule has 0 heterocycles. The zero-order chi connectivity index (χ0) is 14.8. The van der Waals surface area contributed by atoms with Gasteiger partial charge < -0.3 is 5.32 Å². The minimum atomic E-state index is -3.87. The van der Waals surface area contributed by atoms with Gasteiger partial charge in [-0.2, -0.15) is 0 Å². The van der Waals surface area contributed by atoms with Crippen LogP contribution in [0, 0.1) is 5.92 Å². The number of nitrogens with one attached hydrogen (secondary N) is 1. The number of carbonyl (C=O) groups is 1. The van der Waals surface area contributed by atoms with Crippen molar-refractivity contribution in [1.82, 2.24) is 5.32 Å². The van der Waals surface area contributed by atoms with Crippen LogP contribution >= 0.6 is 26.6 Å². The Morgan fingerprint density at radius 1 is 1.35 bits per heavy atom. The molecule has 0 aromatic heterocycles. The molecule has 1 saturated carbocycles. The third-order valence-electron chi connectivity index (χ3n) is 3.48. The average Bonchev–Trinajstić information content (AvgIpc) is 2.88. The van der Waals surface area contributed by atoms with E-state index in [1.807, 2.05) is 0 Å². The molecule has 1 amide bonds. The normalized spacial score (nSPS) is 16.3. The van der Waals surface area contributed by atoms with Gasteiger partial charge in [-0.3, -0.25) is 4.79 Å². The Kier molecular flexibility index (Phi) is 5.09. The molecule has 1 aliphatic carbocycles. The van der Waals surface area contributed by atoms with E-state index in [0.717, 1.165) is 12.8 Å². The topological polar surface area (TPSA) is 63.2 Å². The van der Waals surface area contributed by atoms with Gasteiger partial charge in [-0.05, 0) is 52.9 Å². The van der Waals surface area contributed by atoms with E-state index >= 15 is 0 Å². The van der Waals surface area contributed by atoms with Gasteiger partial charge in [-0.15, -0.1) is 0 Å². The lowest BCUT2D eigenvalue weighted by Crippen LogP contribution is -2.28. The van der Waals surface area contributed by atoms with Crippen molar-refractivity contribution in [2.75, 3.05) is 6.54 Å². The van der Waals surface area contributed by atoms with Crippen LogP contribution in [0.25, 0.3) is 0 Å². The summed E-state index contributed by atoms with van der Waals surface area (Å²) < 4.78 is 23.1. The lowest BCUT2D eigenvalue weighted by atomic mass is 10.1. The Bertz CT molecular complexity index is 612. The molecule has 0 aliphatic heterocycles. The number of carbonyl (C=O) groups excluding carboxylic acids is 1. The second-order valence-electron chi connectivity index (χ2n) is 4.94. The fourth-order valence-electron chi connectivity index (χ4n) is 2.39. The molecule has 7 heteroatoms. The molecule has 1 aromatic carbocycles. The standard InChI is InChI=1S/C13H15BrClNO3S/c14-11-6-5-10(7-12(11)20(15,18)19)13(17)16-8-9-3-1-2-4-9/h5-7,9H,1-4,8H2,(H,16,17). The van der Waals surface area contributed by atoms with Crippen LogP contribution < -0.4 is 5.32 Å². The molecule has 1 aliphatic rings. The van der Waals surface area contributed by atoms with Crippen LogP contribution in [0.2, 0.25) is 0 Å². The zero-order valence-electron chi connectivity index (χ0n) is 10.7. The first-order chi connectivity index (χ1) is 9.38. The second-order valence-corrected chi connectivity index (χ2v) is 8.33. The van der Waals surface area contributed by atoms with Crippen molar-refractivity contribution in [3.8, 4) is 0 Å². The Balaban J connectivity index is 2.10. The Hall–Kier alpha value is -0.590. The SMILES string of the molecule is O=C(NCC1CCCC1)c1ccc(Br)c(S(=O)(=O)Cl)c1. The van der Waals surface area contributed by atoms with Crippen molar-refractivity contribution in [1.29, 1.82) is 0 Å². The number of hydrogen-bond acceptors (Lipinski definition) is 3. The van der Waals surface area contributed by atoms with Crippen LogP contribution in [0.3, 0.4) is 0 Å². The van der Waals surface area contributed by atoms with Gasteiger partial charge in [0.1, 0.15) is 0 Å². The van der Waals surface area contributed by atoms with Crippen molar-refractivity contribution >= 4 is 41.6 Å². The lowest BCUT2D eigenvalue weighted by molar-refractivity contribution is 0.0947. The summed E-state index contributed by atoms with van der Waals surface area (Å²) in [7, 11) is 1.46. The minimum absolute atomic E-state index is 0.0901. The minimum Gasteiger partial charge on any atom is -0.352 e. The predicted octanol–water partition coefficient (Wildman–Crippen LogP) is 3.30. The highest BCUT2D eigenvalue weighted by Gasteiger charge is 2.19. The van der Waals surface area contributed by atoms with E-state index < -0.39 is 9.05 Å². The molecule has 110 valence electrons. The van der Waals surface area contributed by atoms with E-state index in [1.54, 1.807) is 6.07 Å². The van der Waals surface area contributed by atoms with E-state index in [4.69, 9.17) is 10.7 Å². The maximum absolute atomic E-state index is 12.0. The zero-order valence-corrected chi connectivity index (χ0v) is 13.9. The molecule has 20 heavy (non-hydrogen) atoms. The molecular formula is C13H15BrClNO3S. The van der Waals surface area contributed by atoms with Crippen LogP contribution in [0.4, 0.5) is 0 Å². The summed E-state index contributed by atoms with van der Waals surface area (Å²) in [4.78, 5) is 11.9. The number of amides is 1. The maximum atomic E-state index is 12.0. The average molecular weight is 381 g/mol. The monoisotopic (exact) mass is 379 g/mol. The molecule has 2 rings (SSSR count). The molecule has 0 saturated heterocycles. The van der Waals surface area contributed by atoms with Crippen LogP contribution in [0.5, 0.6) is 0 Å². The molecule has 0 unspecified atom stereocenters. The molecule has 4 nitrogen and oxygen atoms in total. The molecule has 0 atom stereocenters. The van der Waals surface area contributed by atoms with Crippen LogP contribution in [-0.2, 0) is 9.05 Å². The van der Waals surface area contributed by atoms with E-state index in [2.05, 4.69) is 21.2 Å². The van der Waals surface area contributed by atoms with Gasteiger partial charge in [0, 0.05) is 27.3 Å². The Labute approximate surface area is 131 Å². The van der Waals surface area contributed by atoms with Gasteiger partial charge in [-0.25, -0.2) is 8.42 Å². The highest BCUT2D eigenvalue weighted by atomic mass is 79.9. The summed E-state index contributed by atoms with van der Waals surface area (Å²) in [5.74, 6) is 0.261. The van der Waals surface area contributed by atoms with Crippen LogP contribution in [-0.4, -0.2) is 20.9 Å². The molecule has 0 spiro atoms. The summed E-state index contributed by atoms with van der Waals surface area (Å²) >= 11 is 3.11. The van der Waals surface area contributed by atoms with E-state index in [-0.39, 0.29) is 10.8 Å². The van der Waals surface area contributed by atoms with Gasteiger partial charge in [0.05, 0.1) is 4.90 Å². The van der Waals surface area contributed by atoms with Crippen molar-refractivity contribution in [2.24, 2.45) is 5.92 Å². The fourth-order valence-corrected chi connectivity index (χ4v) is 4.50. The van der Waals surface area contributed by atoms with Gasteiger partial charge in [0.15, 0.2) is 0 Å². The van der Waals surface area contributed by atoms with Gasteiger partial charge in [0.2, 0.25) is 0 Å². The smallest absolute Gasteiger partial charge is 0.262 e. The molecule has 1 N–H and O–H groups in total. The number of benzene rings is 1. The van der Waals surface area contributed by atoms with E-state index in [1.165, 1.54) is 25.0 Å². The first-order valence-corrected chi connectivity index (χ1v) is 9.50. The first-order valence-electron chi connectivity index (χ1n) is 6.40. The Morgan fingerprint density at radius 3 is 2.60 bits per heavy atom. The highest BCUT2D eigenvalue weighted by molar-refractivity contribution is 9.10. The van der Waals surface area contributed by atoms with Crippen molar-refractivity contribution in [3.63, 3.8) is 0 Å². The quantitative estimate of drug-likeness (QED) is 0.815. The van der Waals surface area contributed by atoms with Crippen molar-refractivity contribution < 1.29 is 13.2 Å². The number of hydrogen-bond donors (Lipinski definition) is 1. The van der Waals surface area contributed by atoms with Gasteiger partial charge in [-0.1, -0.05) is 12.8 Å². The molecular weight excluding hydrogens is 366 g/mol. The second kappa shape index (κ2) is 6.45. The third-order valence-corrected chi connectivity index (χ3v) is 5.80. The summed E-state index contributed by atoms with van der Waals surface area (Å²) in [6.07, 6.45) is 4.71. The van der Waals surface area contributed by atoms with Gasteiger partial charge >= 0.3 is 0 Å². The molecule has 0 radical (unpaired) electrons. The highest BCUT2D eigenvalue weighted by Crippen LogP contribution is 2.27. The predicted molar refractivity (Wildman–Crippen MR) is 81.5 cm³/mol. The first kappa shape index (κ1) is 15.8. The van der Waals surface area contributed by atoms with Crippen molar-refractivity contribution in [3.05, 3.63) is 28.2 Å².